The standard InChI is InChI=1S/C14H20BrN3O2/c1-20-13-6-5-10(8-11(13)15)9-18-7-3-2-4-12(18)14(16)17-19/h5-6,8,12,19H,2-4,7,9H2,1H3,(H2,16,17). The summed E-state index contributed by atoms with van der Waals surface area (Å²) in [6, 6.07) is 6.06. The first-order valence-corrected chi connectivity index (χ1v) is 7.49. The van der Waals surface area contributed by atoms with Crippen LogP contribution in [0, 0.1) is 0 Å². The molecule has 1 aromatic rings. The Labute approximate surface area is 127 Å². The maximum Gasteiger partial charge on any atom is 0.156 e. The van der Waals surface area contributed by atoms with Gasteiger partial charge in [0.05, 0.1) is 17.6 Å². The Balaban J connectivity index is 2.12. The van der Waals surface area contributed by atoms with Crippen molar-refractivity contribution < 1.29 is 9.94 Å². The highest BCUT2D eigenvalue weighted by Crippen LogP contribution is 2.27. The number of methoxy groups -OCH3 is 1. The number of ether oxygens (including phenoxy) is 1. The van der Waals surface area contributed by atoms with Gasteiger partial charge in [-0.3, -0.25) is 4.90 Å². The number of oxime groups is 1. The Hall–Kier alpha value is -1.27. The fourth-order valence-corrected chi connectivity index (χ4v) is 3.21. The van der Waals surface area contributed by atoms with Gasteiger partial charge in [-0.05, 0) is 53.0 Å². The lowest BCUT2D eigenvalue weighted by Crippen LogP contribution is -2.47. The van der Waals surface area contributed by atoms with Crippen LogP contribution in [0.15, 0.2) is 27.8 Å². The second-order valence-electron chi connectivity index (χ2n) is 4.98. The van der Waals surface area contributed by atoms with Crippen molar-refractivity contribution in [2.75, 3.05) is 13.7 Å². The van der Waals surface area contributed by atoms with Crippen LogP contribution >= 0.6 is 15.9 Å². The third-order valence-electron chi connectivity index (χ3n) is 3.67. The molecule has 110 valence electrons. The second-order valence-corrected chi connectivity index (χ2v) is 5.83. The van der Waals surface area contributed by atoms with Gasteiger partial charge in [0.2, 0.25) is 0 Å². The van der Waals surface area contributed by atoms with Crippen LogP contribution in [0.25, 0.3) is 0 Å². The average molecular weight is 342 g/mol. The van der Waals surface area contributed by atoms with Gasteiger partial charge in [-0.2, -0.15) is 0 Å². The smallest absolute Gasteiger partial charge is 0.156 e. The molecule has 5 nitrogen and oxygen atoms in total. The Bertz CT molecular complexity index is 493. The molecule has 1 saturated heterocycles. The molecule has 1 heterocycles. The molecule has 1 unspecified atom stereocenters. The number of rotatable bonds is 4. The van der Waals surface area contributed by atoms with Crippen molar-refractivity contribution >= 4 is 21.8 Å². The first-order chi connectivity index (χ1) is 9.65. The summed E-state index contributed by atoms with van der Waals surface area (Å²) in [5.74, 6) is 1.12. The van der Waals surface area contributed by atoms with Crippen LogP contribution in [-0.2, 0) is 6.54 Å². The van der Waals surface area contributed by atoms with Crippen molar-refractivity contribution in [3.63, 3.8) is 0 Å². The van der Waals surface area contributed by atoms with Crippen molar-refractivity contribution in [1.29, 1.82) is 0 Å². The molecule has 0 saturated carbocycles. The van der Waals surface area contributed by atoms with Crippen LogP contribution in [-0.4, -0.2) is 35.6 Å². The van der Waals surface area contributed by atoms with Gasteiger partial charge in [0.1, 0.15) is 5.75 Å². The molecule has 0 spiro atoms. The number of halogens is 1. The highest BCUT2D eigenvalue weighted by molar-refractivity contribution is 9.10. The largest absolute Gasteiger partial charge is 0.496 e. The van der Waals surface area contributed by atoms with Crippen molar-refractivity contribution in [2.45, 2.75) is 31.8 Å². The Morgan fingerprint density at radius 3 is 3.00 bits per heavy atom. The van der Waals surface area contributed by atoms with E-state index in [-0.39, 0.29) is 6.04 Å². The average Bonchev–Trinajstić information content (AvgIpc) is 2.47. The van der Waals surface area contributed by atoms with E-state index >= 15 is 0 Å². The van der Waals surface area contributed by atoms with E-state index in [1.165, 1.54) is 5.56 Å². The van der Waals surface area contributed by atoms with Crippen molar-refractivity contribution in [1.82, 2.24) is 4.90 Å². The SMILES string of the molecule is COc1ccc(CN2CCCCC2C(N)=NO)cc1Br. The number of hydrogen-bond acceptors (Lipinski definition) is 4. The van der Waals surface area contributed by atoms with E-state index in [0.717, 1.165) is 42.6 Å². The highest BCUT2D eigenvalue weighted by Gasteiger charge is 2.26. The molecular weight excluding hydrogens is 322 g/mol. The van der Waals surface area contributed by atoms with Gasteiger partial charge in [-0.15, -0.1) is 0 Å². The minimum Gasteiger partial charge on any atom is -0.496 e. The first-order valence-electron chi connectivity index (χ1n) is 6.69. The third-order valence-corrected chi connectivity index (χ3v) is 4.29. The normalized spacial score (nSPS) is 20.9. The summed E-state index contributed by atoms with van der Waals surface area (Å²) in [4.78, 5) is 2.26. The highest BCUT2D eigenvalue weighted by atomic mass is 79.9. The molecule has 20 heavy (non-hydrogen) atoms. The maximum absolute atomic E-state index is 8.90. The van der Waals surface area contributed by atoms with Crippen LogP contribution in [0.1, 0.15) is 24.8 Å². The summed E-state index contributed by atoms with van der Waals surface area (Å²) in [5, 5.41) is 12.1. The molecule has 1 aliphatic rings. The predicted octanol–water partition coefficient (Wildman–Crippen LogP) is 2.56. The number of nitrogens with zero attached hydrogens (tertiary/aromatic N) is 2. The molecule has 0 radical (unpaired) electrons. The number of likely N-dealkylation sites (tertiary alicyclic amines) is 1. The molecular formula is C14H20BrN3O2. The van der Waals surface area contributed by atoms with E-state index in [1.807, 2.05) is 12.1 Å². The van der Waals surface area contributed by atoms with Gasteiger partial charge in [-0.25, -0.2) is 0 Å². The van der Waals surface area contributed by atoms with Gasteiger partial charge >= 0.3 is 0 Å². The zero-order valence-electron chi connectivity index (χ0n) is 11.6. The maximum atomic E-state index is 8.90. The van der Waals surface area contributed by atoms with Crippen LogP contribution in [0.4, 0.5) is 0 Å². The van der Waals surface area contributed by atoms with Gasteiger partial charge in [-0.1, -0.05) is 17.6 Å². The summed E-state index contributed by atoms with van der Waals surface area (Å²) in [7, 11) is 1.65. The lowest BCUT2D eigenvalue weighted by atomic mass is 10.0. The molecule has 3 N–H and O–H groups in total. The van der Waals surface area contributed by atoms with Crippen molar-refractivity contribution in [3.8, 4) is 5.75 Å². The fourth-order valence-electron chi connectivity index (χ4n) is 2.62. The van der Waals surface area contributed by atoms with Gasteiger partial charge in [0, 0.05) is 6.54 Å². The number of hydrogen-bond donors (Lipinski definition) is 2. The molecule has 1 aliphatic heterocycles. The Kier molecular flexibility index (Phi) is 5.25. The van der Waals surface area contributed by atoms with E-state index in [2.05, 4.69) is 32.1 Å². The van der Waals surface area contributed by atoms with Crippen molar-refractivity contribution in [2.24, 2.45) is 10.9 Å². The van der Waals surface area contributed by atoms with Gasteiger partial charge < -0.3 is 15.7 Å². The quantitative estimate of drug-likeness (QED) is 0.382. The lowest BCUT2D eigenvalue weighted by Gasteiger charge is -2.34. The number of benzene rings is 1. The molecule has 1 aromatic carbocycles. The van der Waals surface area contributed by atoms with E-state index in [4.69, 9.17) is 15.7 Å². The van der Waals surface area contributed by atoms with Crippen LogP contribution in [0.5, 0.6) is 5.75 Å². The molecule has 0 amide bonds. The van der Waals surface area contributed by atoms with E-state index in [9.17, 15) is 0 Å². The van der Waals surface area contributed by atoms with Crippen molar-refractivity contribution in [3.05, 3.63) is 28.2 Å². The zero-order chi connectivity index (χ0) is 14.5. The molecule has 2 rings (SSSR count). The zero-order valence-corrected chi connectivity index (χ0v) is 13.1. The lowest BCUT2D eigenvalue weighted by molar-refractivity contribution is 0.178. The number of nitrogens with two attached hydrogens (primary N) is 1. The Morgan fingerprint density at radius 1 is 1.55 bits per heavy atom. The number of piperidine rings is 1. The fraction of sp³-hybridized carbons (Fsp3) is 0.500. The molecule has 6 heteroatoms. The minimum absolute atomic E-state index is 0.0228. The molecule has 0 aliphatic carbocycles. The third kappa shape index (κ3) is 3.43. The van der Waals surface area contributed by atoms with Crippen LogP contribution < -0.4 is 10.5 Å². The summed E-state index contributed by atoms with van der Waals surface area (Å²) >= 11 is 3.50. The second kappa shape index (κ2) is 6.95. The van der Waals surface area contributed by atoms with E-state index in [0.29, 0.717) is 5.84 Å². The van der Waals surface area contributed by atoms with Crippen LogP contribution in [0.3, 0.4) is 0 Å². The summed E-state index contributed by atoms with van der Waals surface area (Å²) in [6.07, 6.45) is 3.20. The monoisotopic (exact) mass is 341 g/mol. The Morgan fingerprint density at radius 2 is 2.35 bits per heavy atom. The molecule has 0 aromatic heterocycles. The van der Waals surface area contributed by atoms with Gasteiger partial charge in [0.15, 0.2) is 5.84 Å². The predicted molar refractivity (Wildman–Crippen MR) is 82.2 cm³/mol. The first kappa shape index (κ1) is 15.1. The van der Waals surface area contributed by atoms with Gasteiger partial charge in [0.25, 0.3) is 0 Å². The van der Waals surface area contributed by atoms with E-state index < -0.39 is 0 Å². The van der Waals surface area contributed by atoms with E-state index in [1.54, 1.807) is 7.11 Å². The summed E-state index contributed by atoms with van der Waals surface area (Å²) in [5.41, 5.74) is 6.97. The molecule has 1 atom stereocenters. The molecule has 0 bridgehead atoms. The topological polar surface area (TPSA) is 71.1 Å². The summed E-state index contributed by atoms with van der Waals surface area (Å²) in [6.45, 7) is 1.74. The van der Waals surface area contributed by atoms with Crippen LogP contribution in [0.2, 0.25) is 0 Å². The molecule has 1 fully saturated rings. The number of amidine groups is 1. The minimum atomic E-state index is 0.0228. The summed E-state index contributed by atoms with van der Waals surface area (Å²) < 4.78 is 6.17.